The van der Waals surface area contributed by atoms with Gasteiger partial charge < -0.3 is 14.2 Å². The maximum absolute atomic E-state index is 12.8. The highest BCUT2D eigenvalue weighted by atomic mass is 16.6. The lowest BCUT2D eigenvalue weighted by atomic mass is 10.1. The first kappa shape index (κ1) is 55.6. The average molecular weight is 811 g/mol. The fourth-order valence-corrected chi connectivity index (χ4v) is 6.75. The van der Waals surface area contributed by atoms with Gasteiger partial charge in [0.05, 0.1) is 6.61 Å². The first-order valence-electron chi connectivity index (χ1n) is 24.8. The highest BCUT2D eigenvalue weighted by Gasteiger charge is 2.17. The van der Waals surface area contributed by atoms with Gasteiger partial charge in [0, 0.05) is 19.4 Å². The zero-order valence-electron chi connectivity index (χ0n) is 38.6. The Bertz CT molecular complexity index is 1010. The molecule has 0 aromatic carbocycles. The zero-order valence-corrected chi connectivity index (χ0v) is 38.6. The summed E-state index contributed by atoms with van der Waals surface area (Å²) in [5.74, 6) is -0.427. The Hall–Kier alpha value is -2.40. The van der Waals surface area contributed by atoms with Crippen molar-refractivity contribution < 1.29 is 23.8 Å². The summed E-state index contributed by atoms with van der Waals surface area (Å²) >= 11 is 0. The molecule has 0 aliphatic heterocycles. The van der Waals surface area contributed by atoms with Crippen molar-refractivity contribution in [2.75, 3.05) is 19.8 Å². The van der Waals surface area contributed by atoms with E-state index in [2.05, 4.69) is 81.5 Å². The summed E-state index contributed by atoms with van der Waals surface area (Å²) in [6.45, 7) is 7.69. The van der Waals surface area contributed by atoms with Crippen LogP contribution in [-0.4, -0.2) is 37.9 Å². The molecule has 0 spiro atoms. The lowest BCUT2D eigenvalue weighted by Crippen LogP contribution is -2.30. The van der Waals surface area contributed by atoms with Gasteiger partial charge in [0.25, 0.3) is 0 Å². The molecule has 0 aliphatic carbocycles. The number of hydrogen-bond donors (Lipinski definition) is 0. The van der Waals surface area contributed by atoms with Crippen LogP contribution >= 0.6 is 0 Å². The number of allylic oxidation sites excluding steroid dienone is 10. The van der Waals surface area contributed by atoms with Crippen molar-refractivity contribution >= 4 is 11.9 Å². The van der Waals surface area contributed by atoms with E-state index in [1.807, 2.05) is 0 Å². The first-order chi connectivity index (χ1) is 28.6. The van der Waals surface area contributed by atoms with Crippen LogP contribution in [0, 0.1) is 0 Å². The second-order valence-electron chi connectivity index (χ2n) is 16.4. The van der Waals surface area contributed by atoms with E-state index >= 15 is 0 Å². The summed E-state index contributed by atoms with van der Waals surface area (Å²) in [5.41, 5.74) is 0. The van der Waals surface area contributed by atoms with Crippen molar-refractivity contribution in [1.29, 1.82) is 0 Å². The number of unbranched alkanes of at least 4 members (excludes halogenated alkanes) is 24. The van der Waals surface area contributed by atoms with Crippen LogP contribution in [0.2, 0.25) is 0 Å². The highest BCUT2D eigenvalue weighted by Crippen LogP contribution is 2.13. The van der Waals surface area contributed by atoms with Crippen molar-refractivity contribution in [2.24, 2.45) is 0 Å². The molecule has 0 saturated heterocycles. The third-order valence-electron chi connectivity index (χ3n) is 10.5. The van der Waals surface area contributed by atoms with Crippen molar-refractivity contribution in [3.8, 4) is 0 Å². The number of rotatable bonds is 45. The van der Waals surface area contributed by atoms with Crippen LogP contribution in [0.25, 0.3) is 0 Å². The predicted octanol–water partition coefficient (Wildman–Crippen LogP) is 16.6. The summed E-state index contributed by atoms with van der Waals surface area (Å²) in [6, 6.07) is 0. The van der Waals surface area contributed by atoms with Gasteiger partial charge in [0.1, 0.15) is 6.61 Å². The predicted molar refractivity (Wildman–Crippen MR) is 251 cm³/mol. The molecule has 0 aromatic heterocycles. The molecule has 5 heteroatoms. The van der Waals surface area contributed by atoms with E-state index in [4.69, 9.17) is 14.2 Å². The van der Waals surface area contributed by atoms with Gasteiger partial charge >= 0.3 is 11.9 Å². The van der Waals surface area contributed by atoms with Crippen molar-refractivity contribution in [1.82, 2.24) is 0 Å². The first-order valence-corrected chi connectivity index (χ1v) is 24.8. The number of ether oxygens (including phenoxy) is 3. The lowest BCUT2D eigenvalue weighted by molar-refractivity contribution is -0.163. The Labute approximate surface area is 360 Å². The Kier molecular flexibility index (Phi) is 46.9. The van der Waals surface area contributed by atoms with E-state index in [0.29, 0.717) is 19.4 Å². The molecule has 0 rings (SSSR count). The van der Waals surface area contributed by atoms with E-state index in [1.54, 1.807) is 0 Å². The molecule has 0 aliphatic rings. The summed E-state index contributed by atoms with van der Waals surface area (Å²) in [5, 5.41) is 0. The molecule has 58 heavy (non-hydrogen) atoms. The molecule has 0 heterocycles. The molecule has 0 saturated carbocycles. The van der Waals surface area contributed by atoms with Crippen LogP contribution in [0.15, 0.2) is 60.8 Å². The molecular formula is C53H94O5. The third-order valence-corrected chi connectivity index (χ3v) is 10.5. The smallest absolute Gasteiger partial charge is 0.306 e. The van der Waals surface area contributed by atoms with Crippen molar-refractivity contribution in [3.05, 3.63) is 60.8 Å². The minimum Gasteiger partial charge on any atom is -0.462 e. The summed E-state index contributed by atoms with van der Waals surface area (Å²) < 4.78 is 17.3. The summed E-state index contributed by atoms with van der Waals surface area (Å²) in [4.78, 5) is 25.3. The molecule has 336 valence electrons. The molecule has 1 unspecified atom stereocenters. The molecule has 0 radical (unpaired) electrons. The molecule has 0 fully saturated rings. The molecule has 0 N–H and O–H groups in total. The van der Waals surface area contributed by atoms with Gasteiger partial charge in [0.2, 0.25) is 0 Å². The normalized spacial score (nSPS) is 12.7. The monoisotopic (exact) mass is 811 g/mol. The van der Waals surface area contributed by atoms with E-state index in [9.17, 15) is 9.59 Å². The largest absolute Gasteiger partial charge is 0.462 e. The van der Waals surface area contributed by atoms with Gasteiger partial charge in [-0.2, -0.15) is 0 Å². The second-order valence-corrected chi connectivity index (χ2v) is 16.4. The minimum absolute atomic E-state index is 0.0698. The minimum atomic E-state index is -0.551. The topological polar surface area (TPSA) is 61.8 Å². The fourth-order valence-electron chi connectivity index (χ4n) is 6.75. The van der Waals surface area contributed by atoms with E-state index in [-0.39, 0.29) is 25.2 Å². The van der Waals surface area contributed by atoms with Crippen LogP contribution in [0.4, 0.5) is 0 Å². The van der Waals surface area contributed by atoms with Crippen LogP contribution < -0.4 is 0 Å². The molecule has 5 nitrogen and oxygen atoms in total. The number of hydrogen-bond acceptors (Lipinski definition) is 5. The molecular weight excluding hydrogens is 717 g/mol. The fraction of sp³-hybridized carbons (Fsp3) is 0.774. The number of carbonyl (C=O) groups excluding carboxylic acids is 2. The average Bonchev–Trinajstić information content (AvgIpc) is 3.22. The van der Waals surface area contributed by atoms with Gasteiger partial charge in [-0.05, 0) is 103 Å². The van der Waals surface area contributed by atoms with E-state index in [1.165, 1.54) is 128 Å². The van der Waals surface area contributed by atoms with E-state index in [0.717, 1.165) is 77.0 Å². The number of carbonyl (C=O) groups is 2. The maximum atomic E-state index is 12.8. The third kappa shape index (κ3) is 46.3. The summed E-state index contributed by atoms with van der Waals surface area (Å²) in [6.07, 6.45) is 60.7. The van der Waals surface area contributed by atoms with Gasteiger partial charge in [-0.25, -0.2) is 0 Å². The van der Waals surface area contributed by atoms with E-state index < -0.39 is 6.10 Å². The van der Waals surface area contributed by atoms with Crippen LogP contribution in [-0.2, 0) is 23.8 Å². The molecule has 0 bridgehead atoms. The van der Waals surface area contributed by atoms with Gasteiger partial charge in [-0.3, -0.25) is 9.59 Å². The Morgan fingerprint density at radius 3 is 1.26 bits per heavy atom. The van der Waals surface area contributed by atoms with Crippen LogP contribution in [0.1, 0.15) is 239 Å². The zero-order chi connectivity index (χ0) is 42.1. The summed E-state index contributed by atoms with van der Waals surface area (Å²) in [7, 11) is 0. The maximum Gasteiger partial charge on any atom is 0.306 e. The van der Waals surface area contributed by atoms with Crippen LogP contribution in [0.5, 0.6) is 0 Å². The number of esters is 2. The molecule has 0 aromatic rings. The SMILES string of the molecule is CCC/C=C\C/C=C\CCCCCCCC(=O)OCC(COCCCCCCCC/C=C\C/C=C\CCCCC)OC(=O)CCCCCCC/C=C\CCCCCC. The quantitative estimate of drug-likeness (QED) is 0.0348. The Balaban J connectivity index is 4.31. The van der Waals surface area contributed by atoms with Crippen molar-refractivity contribution in [2.45, 2.75) is 245 Å². The Morgan fingerprint density at radius 2 is 0.759 bits per heavy atom. The lowest BCUT2D eigenvalue weighted by Gasteiger charge is -2.18. The van der Waals surface area contributed by atoms with Gasteiger partial charge in [-0.15, -0.1) is 0 Å². The Morgan fingerprint density at radius 1 is 0.379 bits per heavy atom. The van der Waals surface area contributed by atoms with Crippen LogP contribution in [0.3, 0.4) is 0 Å². The van der Waals surface area contributed by atoms with Crippen molar-refractivity contribution in [3.63, 3.8) is 0 Å². The second kappa shape index (κ2) is 49.0. The standard InChI is InChI=1S/C53H94O5/c1-4-7-10-13-16-19-22-25-26-27-30-33-36-39-42-45-48-56-49-51(58-53(55)47-44-41-38-35-32-29-24-21-18-15-12-9-6-3)50-57-52(54)46-43-40-37-34-31-28-23-20-17-14-11-8-5-2/h11,14,16,19-21,23-26,51H,4-10,12-13,15,17-18,22,27-50H2,1-3H3/b14-11-,19-16-,23-20-,24-21-,26-25-. The molecule has 1 atom stereocenters. The van der Waals surface area contributed by atoms with Gasteiger partial charge in [0.15, 0.2) is 6.10 Å². The van der Waals surface area contributed by atoms with Gasteiger partial charge in [-0.1, -0.05) is 184 Å². The highest BCUT2D eigenvalue weighted by molar-refractivity contribution is 5.70. The molecule has 0 amide bonds.